The minimum absolute atomic E-state index is 0.00129. The Balaban J connectivity index is 2.11. The molecule has 2 rings (SSSR count). The Morgan fingerprint density at radius 1 is 1.37 bits per heavy atom. The zero-order valence-electron chi connectivity index (χ0n) is 10.8. The van der Waals surface area contributed by atoms with E-state index in [0.29, 0.717) is 18.7 Å². The Morgan fingerprint density at radius 3 is 2.79 bits per heavy atom. The number of carbonyl (C=O) groups excluding carboxylic acids is 2. The van der Waals surface area contributed by atoms with Crippen LogP contribution in [-0.4, -0.2) is 37.0 Å². The van der Waals surface area contributed by atoms with Gasteiger partial charge in [0.05, 0.1) is 18.6 Å². The molecule has 0 aliphatic carbocycles. The molecule has 1 fully saturated rings. The topological polar surface area (TPSA) is 46.6 Å². The molecule has 0 unspecified atom stereocenters. The predicted octanol–water partition coefficient (Wildman–Crippen LogP) is 2.32. The van der Waals surface area contributed by atoms with E-state index in [4.69, 9.17) is 4.74 Å². The highest BCUT2D eigenvalue weighted by molar-refractivity contribution is 14.1. The summed E-state index contributed by atoms with van der Waals surface area (Å²) in [5.74, 6) is -0.414. The molecule has 19 heavy (non-hydrogen) atoms. The molecular formula is C14H16INO3. The van der Waals surface area contributed by atoms with Gasteiger partial charge in [0.25, 0.3) is 5.91 Å². The fourth-order valence-corrected chi connectivity index (χ4v) is 2.94. The molecule has 1 atom stereocenters. The molecule has 102 valence electrons. The summed E-state index contributed by atoms with van der Waals surface area (Å²) in [5.41, 5.74) is 0.702. The first-order valence-electron chi connectivity index (χ1n) is 6.25. The Morgan fingerprint density at radius 2 is 2.11 bits per heavy atom. The molecular weight excluding hydrogens is 357 g/mol. The van der Waals surface area contributed by atoms with E-state index in [0.717, 1.165) is 16.4 Å². The van der Waals surface area contributed by atoms with Crippen LogP contribution in [0.4, 0.5) is 0 Å². The normalized spacial score (nSPS) is 19.1. The van der Waals surface area contributed by atoms with Gasteiger partial charge in [0, 0.05) is 16.7 Å². The smallest absolute Gasteiger partial charge is 0.310 e. The van der Waals surface area contributed by atoms with Crippen LogP contribution in [0.2, 0.25) is 0 Å². The second-order valence-corrected chi connectivity index (χ2v) is 5.76. The van der Waals surface area contributed by atoms with Gasteiger partial charge in [-0.2, -0.15) is 0 Å². The van der Waals surface area contributed by atoms with Crippen molar-refractivity contribution in [1.29, 1.82) is 0 Å². The Kier molecular flexibility index (Phi) is 4.79. The van der Waals surface area contributed by atoms with E-state index in [1.54, 1.807) is 4.90 Å². The number of hydrogen-bond acceptors (Lipinski definition) is 3. The number of piperidine rings is 1. The van der Waals surface area contributed by atoms with Crippen molar-refractivity contribution in [3.63, 3.8) is 0 Å². The number of methoxy groups -OCH3 is 1. The summed E-state index contributed by atoms with van der Waals surface area (Å²) in [5, 5.41) is 0. The molecule has 1 aromatic carbocycles. The summed E-state index contributed by atoms with van der Waals surface area (Å²) in [6.45, 7) is 1.16. The number of ether oxygens (including phenoxy) is 1. The average molecular weight is 373 g/mol. The van der Waals surface area contributed by atoms with Gasteiger partial charge in [0.1, 0.15) is 0 Å². The van der Waals surface area contributed by atoms with E-state index in [1.165, 1.54) is 7.11 Å². The van der Waals surface area contributed by atoms with Gasteiger partial charge in [-0.15, -0.1) is 0 Å². The fourth-order valence-electron chi connectivity index (χ4n) is 2.33. The van der Waals surface area contributed by atoms with Crippen LogP contribution in [0.15, 0.2) is 24.3 Å². The maximum atomic E-state index is 12.4. The predicted molar refractivity (Wildman–Crippen MR) is 79.8 cm³/mol. The highest BCUT2D eigenvalue weighted by atomic mass is 127. The number of amides is 1. The molecule has 1 amide bonds. The number of carbonyl (C=O) groups is 2. The van der Waals surface area contributed by atoms with Crippen LogP contribution in [0, 0.1) is 9.49 Å². The van der Waals surface area contributed by atoms with Gasteiger partial charge in [0.2, 0.25) is 0 Å². The van der Waals surface area contributed by atoms with Crippen molar-refractivity contribution in [3.05, 3.63) is 33.4 Å². The Hall–Kier alpha value is -1.11. The summed E-state index contributed by atoms with van der Waals surface area (Å²) >= 11 is 2.16. The maximum absolute atomic E-state index is 12.4. The van der Waals surface area contributed by atoms with Crippen molar-refractivity contribution >= 4 is 34.5 Å². The number of rotatable bonds is 2. The number of likely N-dealkylation sites (tertiary alicyclic amines) is 1. The van der Waals surface area contributed by atoms with Crippen molar-refractivity contribution in [1.82, 2.24) is 4.90 Å². The van der Waals surface area contributed by atoms with Crippen LogP contribution in [0.3, 0.4) is 0 Å². The third kappa shape index (κ3) is 3.26. The van der Waals surface area contributed by atoms with E-state index >= 15 is 0 Å². The molecule has 0 aromatic heterocycles. The number of nitrogens with zero attached hydrogens (tertiary/aromatic N) is 1. The summed E-state index contributed by atoms with van der Waals surface area (Å²) in [6, 6.07) is 7.50. The zero-order valence-corrected chi connectivity index (χ0v) is 12.9. The molecule has 0 saturated carbocycles. The standard InChI is InChI=1S/C14H16INO3/c1-19-14(18)10-5-4-8-16(9-10)13(17)11-6-2-3-7-12(11)15/h2-3,6-7,10H,4-5,8-9H2,1H3/t10-/m0/s1. The molecule has 1 aliphatic heterocycles. The highest BCUT2D eigenvalue weighted by Gasteiger charge is 2.29. The van der Waals surface area contributed by atoms with Crippen LogP contribution < -0.4 is 0 Å². The third-order valence-corrected chi connectivity index (χ3v) is 4.29. The number of halogens is 1. The molecule has 5 heteroatoms. The van der Waals surface area contributed by atoms with E-state index in [-0.39, 0.29) is 17.8 Å². The lowest BCUT2D eigenvalue weighted by atomic mass is 9.97. The lowest BCUT2D eigenvalue weighted by molar-refractivity contribution is -0.146. The van der Waals surface area contributed by atoms with Gasteiger partial charge >= 0.3 is 5.97 Å². The second-order valence-electron chi connectivity index (χ2n) is 4.59. The fraction of sp³-hybridized carbons (Fsp3) is 0.429. The lowest BCUT2D eigenvalue weighted by Crippen LogP contribution is -2.42. The highest BCUT2D eigenvalue weighted by Crippen LogP contribution is 2.21. The van der Waals surface area contributed by atoms with Gasteiger partial charge in [-0.3, -0.25) is 9.59 Å². The largest absolute Gasteiger partial charge is 0.469 e. The summed E-state index contributed by atoms with van der Waals surface area (Å²) in [6.07, 6.45) is 1.64. The van der Waals surface area contributed by atoms with Crippen LogP contribution in [0.5, 0.6) is 0 Å². The minimum atomic E-state index is -0.222. The Labute approximate surface area is 126 Å². The van der Waals surface area contributed by atoms with Gasteiger partial charge in [-0.25, -0.2) is 0 Å². The van der Waals surface area contributed by atoms with E-state index in [1.807, 2.05) is 24.3 Å². The van der Waals surface area contributed by atoms with Crippen LogP contribution in [-0.2, 0) is 9.53 Å². The number of hydrogen-bond donors (Lipinski definition) is 0. The molecule has 1 heterocycles. The SMILES string of the molecule is COC(=O)[C@H]1CCCN(C(=O)c2ccccc2I)C1. The van der Waals surface area contributed by atoms with Crippen molar-refractivity contribution in [2.45, 2.75) is 12.8 Å². The first-order valence-corrected chi connectivity index (χ1v) is 7.33. The van der Waals surface area contributed by atoms with E-state index < -0.39 is 0 Å². The van der Waals surface area contributed by atoms with E-state index in [2.05, 4.69) is 22.6 Å². The third-order valence-electron chi connectivity index (χ3n) is 3.35. The molecule has 4 nitrogen and oxygen atoms in total. The molecule has 0 spiro atoms. The first kappa shape index (κ1) is 14.3. The Bertz CT molecular complexity index is 489. The quantitative estimate of drug-likeness (QED) is 0.591. The number of esters is 1. The molecule has 1 saturated heterocycles. The minimum Gasteiger partial charge on any atom is -0.469 e. The average Bonchev–Trinajstić information content (AvgIpc) is 2.46. The molecule has 0 N–H and O–H groups in total. The monoisotopic (exact) mass is 373 g/mol. The number of benzene rings is 1. The van der Waals surface area contributed by atoms with Gasteiger partial charge in [-0.05, 0) is 47.6 Å². The van der Waals surface area contributed by atoms with Crippen LogP contribution in [0.1, 0.15) is 23.2 Å². The first-order chi connectivity index (χ1) is 9.13. The van der Waals surface area contributed by atoms with Crippen molar-refractivity contribution in [2.24, 2.45) is 5.92 Å². The van der Waals surface area contributed by atoms with Gasteiger partial charge in [-0.1, -0.05) is 12.1 Å². The van der Waals surface area contributed by atoms with Gasteiger partial charge < -0.3 is 9.64 Å². The van der Waals surface area contributed by atoms with Crippen molar-refractivity contribution in [3.8, 4) is 0 Å². The summed E-state index contributed by atoms with van der Waals surface area (Å²) in [7, 11) is 1.39. The van der Waals surface area contributed by atoms with E-state index in [9.17, 15) is 9.59 Å². The molecule has 0 radical (unpaired) electrons. The van der Waals surface area contributed by atoms with Crippen LogP contribution in [0.25, 0.3) is 0 Å². The van der Waals surface area contributed by atoms with Crippen molar-refractivity contribution in [2.75, 3.05) is 20.2 Å². The zero-order chi connectivity index (χ0) is 13.8. The lowest BCUT2D eigenvalue weighted by Gasteiger charge is -2.31. The van der Waals surface area contributed by atoms with Gasteiger partial charge in [0.15, 0.2) is 0 Å². The summed E-state index contributed by atoms with van der Waals surface area (Å²) < 4.78 is 5.70. The molecule has 1 aliphatic rings. The van der Waals surface area contributed by atoms with Crippen molar-refractivity contribution < 1.29 is 14.3 Å². The maximum Gasteiger partial charge on any atom is 0.310 e. The summed E-state index contributed by atoms with van der Waals surface area (Å²) in [4.78, 5) is 25.8. The molecule has 0 bridgehead atoms. The van der Waals surface area contributed by atoms with Crippen LogP contribution >= 0.6 is 22.6 Å². The molecule has 1 aromatic rings. The second kappa shape index (κ2) is 6.36.